The fourth-order valence-electron chi connectivity index (χ4n) is 2.84. The van der Waals surface area contributed by atoms with Crippen LogP contribution in [-0.4, -0.2) is 28.1 Å². The van der Waals surface area contributed by atoms with E-state index < -0.39 is 12.1 Å². The molecule has 134 valence electrons. The predicted molar refractivity (Wildman–Crippen MR) is 105 cm³/mol. The number of aromatic nitrogens is 1. The van der Waals surface area contributed by atoms with Crippen LogP contribution in [0.4, 0.5) is 0 Å². The third-order valence-electron chi connectivity index (χ3n) is 4.30. The Morgan fingerprint density at radius 3 is 2.65 bits per heavy atom. The molecule has 26 heavy (non-hydrogen) atoms. The summed E-state index contributed by atoms with van der Waals surface area (Å²) < 4.78 is 0.707. The minimum absolute atomic E-state index is 0.281. The molecule has 0 spiro atoms. The predicted octanol–water partition coefficient (Wildman–Crippen LogP) is 3.01. The Bertz CT molecular complexity index is 985. The fraction of sp³-hybridized carbons (Fsp3) is 0.200. The lowest BCUT2D eigenvalue weighted by Crippen LogP contribution is -2.42. The molecule has 0 aliphatic rings. The van der Waals surface area contributed by atoms with Crippen LogP contribution >= 0.6 is 15.9 Å². The molecule has 3 rings (SSSR count). The number of aliphatic hydroxyl groups excluding tert-OH is 1. The van der Waals surface area contributed by atoms with E-state index in [2.05, 4.69) is 26.2 Å². The molecular formula is C20H19BrN2O3. The first kappa shape index (κ1) is 18.4. The van der Waals surface area contributed by atoms with E-state index in [1.54, 1.807) is 25.1 Å². The van der Waals surface area contributed by atoms with Gasteiger partial charge in [-0.2, -0.15) is 0 Å². The minimum atomic E-state index is -0.735. The molecule has 0 fully saturated rings. The Labute approximate surface area is 159 Å². The van der Waals surface area contributed by atoms with Crippen molar-refractivity contribution in [1.82, 2.24) is 10.3 Å². The van der Waals surface area contributed by atoms with Gasteiger partial charge in [-0.05, 0) is 34.5 Å². The number of aliphatic hydroxyl groups is 1. The average Bonchev–Trinajstić information content (AvgIpc) is 2.62. The van der Waals surface area contributed by atoms with Crippen LogP contribution in [0.15, 0.2) is 63.9 Å². The number of amides is 1. The van der Waals surface area contributed by atoms with Gasteiger partial charge < -0.3 is 15.4 Å². The Hall–Kier alpha value is -2.44. The number of nitrogens with one attached hydrogen (secondary N) is 2. The molecular weight excluding hydrogens is 396 g/mol. The number of rotatable bonds is 5. The summed E-state index contributed by atoms with van der Waals surface area (Å²) in [6.45, 7) is 1.75. The first-order chi connectivity index (χ1) is 12.5. The summed E-state index contributed by atoms with van der Waals surface area (Å²) in [4.78, 5) is 27.3. The van der Waals surface area contributed by atoms with E-state index >= 15 is 0 Å². The van der Waals surface area contributed by atoms with Crippen LogP contribution in [0.2, 0.25) is 0 Å². The van der Waals surface area contributed by atoms with Crippen LogP contribution in [0.5, 0.6) is 0 Å². The zero-order chi connectivity index (χ0) is 18.7. The van der Waals surface area contributed by atoms with Crippen LogP contribution < -0.4 is 10.9 Å². The van der Waals surface area contributed by atoms with Gasteiger partial charge in [0.25, 0.3) is 5.91 Å². The molecule has 0 aliphatic heterocycles. The van der Waals surface area contributed by atoms with E-state index in [1.807, 2.05) is 30.3 Å². The van der Waals surface area contributed by atoms with Gasteiger partial charge in [-0.1, -0.05) is 42.5 Å². The summed E-state index contributed by atoms with van der Waals surface area (Å²) in [5.74, 6) is -0.390. The quantitative estimate of drug-likeness (QED) is 0.599. The number of fused-ring (bicyclic) bond motifs is 1. The van der Waals surface area contributed by atoms with Crippen LogP contribution in [0.3, 0.4) is 0 Å². The van der Waals surface area contributed by atoms with Crippen molar-refractivity contribution in [2.75, 3.05) is 0 Å². The number of pyridine rings is 1. The van der Waals surface area contributed by atoms with Gasteiger partial charge in [-0.3, -0.25) is 9.59 Å². The lowest BCUT2D eigenvalue weighted by Gasteiger charge is -2.21. The van der Waals surface area contributed by atoms with Crippen molar-refractivity contribution in [3.8, 4) is 0 Å². The van der Waals surface area contributed by atoms with Gasteiger partial charge in [0, 0.05) is 22.3 Å². The van der Waals surface area contributed by atoms with Gasteiger partial charge in [0.15, 0.2) is 0 Å². The molecule has 1 heterocycles. The van der Waals surface area contributed by atoms with Crippen LogP contribution in [0, 0.1) is 0 Å². The van der Waals surface area contributed by atoms with Gasteiger partial charge in [-0.15, -0.1) is 0 Å². The van der Waals surface area contributed by atoms with Crippen molar-refractivity contribution in [2.24, 2.45) is 0 Å². The van der Waals surface area contributed by atoms with Crippen molar-refractivity contribution in [3.05, 3.63) is 80.6 Å². The highest BCUT2D eigenvalue weighted by Gasteiger charge is 2.20. The molecule has 0 saturated carbocycles. The number of hydrogen-bond acceptors (Lipinski definition) is 3. The van der Waals surface area contributed by atoms with E-state index in [1.165, 1.54) is 6.07 Å². The van der Waals surface area contributed by atoms with E-state index in [0.717, 1.165) is 5.56 Å². The smallest absolute Gasteiger partial charge is 0.252 e. The minimum Gasteiger partial charge on any atom is -0.391 e. The van der Waals surface area contributed by atoms with E-state index in [0.29, 0.717) is 21.8 Å². The molecule has 3 N–H and O–H groups in total. The zero-order valence-corrected chi connectivity index (χ0v) is 15.8. The van der Waals surface area contributed by atoms with Crippen LogP contribution in [0.1, 0.15) is 22.8 Å². The maximum absolute atomic E-state index is 12.7. The van der Waals surface area contributed by atoms with E-state index in [4.69, 9.17) is 0 Å². The highest BCUT2D eigenvalue weighted by Crippen LogP contribution is 2.23. The summed E-state index contributed by atoms with van der Waals surface area (Å²) in [5.41, 5.74) is 1.49. The molecule has 2 aromatic carbocycles. The normalized spacial score (nSPS) is 13.3. The van der Waals surface area contributed by atoms with Crippen molar-refractivity contribution >= 4 is 32.7 Å². The second-order valence-corrected chi connectivity index (χ2v) is 7.08. The second-order valence-electron chi connectivity index (χ2n) is 6.23. The van der Waals surface area contributed by atoms with Crippen molar-refractivity contribution < 1.29 is 9.90 Å². The number of H-pyrrole nitrogens is 1. The highest BCUT2D eigenvalue weighted by atomic mass is 79.9. The monoisotopic (exact) mass is 414 g/mol. The Kier molecular flexibility index (Phi) is 5.54. The molecule has 0 aliphatic carbocycles. The summed E-state index contributed by atoms with van der Waals surface area (Å²) in [5, 5.41) is 13.8. The third kappa shape index (κ3) is 4.03. The molecule has 1 aromatic heterocycles. The molecule has 2 unspecified atom stereocenters. The second kappa shape index (κ2) is 7.85. The van der Waals surface area contributed by atoms with Gasteiger partial charge in [0.2, 0.25) is 5.56 Å². The summed E-state index contributed by atoms with van der Waals surface area (Å²) >= 11 is 3.38. The van der Waals surface area contributed by atoms with Crippen molar-refractivity contribution in [3.63, 3.8) is 0 Å². The molecule has 3 aromatic rings. The Morgan fingerprint density at radius 2 is 1.92 bits per heavy atom. The van der Waals surface area contributed by atoms with Gasteiger partial charge >= 0.3 is 0 Å². The Balaban J connectivity index is 1.80. The first-order valence-electron chi connectivity index (χ1n) is 8.30. The number of hydrogen-bond donors (Lipinski definition) is 3. The molecule has 5 nitrogen and oxygen atoms in total. The lowest BCUT2D eigenvalue weighted by molar-refractivity contribution is 0.0853. The van der Waals surface area contributed by atoms with Crippen molar-refractivity contribution in [1.29, 1.82) is 0 Å². The first-order valence-corrected chi connectivity index (χ1v) is 9.09. The van der Waals surface area contributed by atoms with Crippen molar-refractivity contribution in [2.45, 2.75) is 25.5 Å². The lowest BCUT2D eigenvalue weighted by atomic mass is 10.0. The number of benzene rings is 2. The SMILES string of the molecule is CC(NC(=O)c1cc(=O)[nH]c2c(Br)cccc12)C(O)Cc1ccccc1. The average molecular weight is 415 g/mol. The highest BCUT2D eigenvalue weighted by molar-refractivity contribution is 9.10. The van der Waals surface area contributed by atoms with Gasteiger partial charge in [-0.25, -0.2) is 0 Å². The molecule has 1 amide bonds. The summed E-state index contributed by atoms with van der Waals surface area (Å²) in [7, 11) is 0. The maximum Gasteiger partial charge on any atom is 0.252 e. The number of carbonyl (C=O) groups is 1. The standard InChI is InChI=1S/C20H19BrN2O3/c1-12(17(24)10-13-6-3-2-4-7-13)22-20(26)15-11-18(25)23-19-14(15)8-5-9-16(19)21/h2-9,11-12,17,24H,10H2,1H3,(H,22,26)(H,23,25). The zero-order valence-electron chi connectivity index (χ0n) is 14.2. The molecule has 6 heteroatoms. The van der Waals surface area contributed by atoms with Crippen LogP contribution in [-0.2, 0) is 6.42 Å². The van der Waals surface area contributed by atoms with E-state index in [9.17, 15) is 14.7 Å². The van der Waals surface area contributed by atoms with Gasteiger partial charge in [0.1, 0.15) is 0 Å². The topological polar surface area (TPSA) is 82.2 Å². The molecule has 0 radical (unpaired) electrons. The summed E-state index contributed by atoms with van der Waals surface area (Å²) in [6.07, 6.45) is -0.300. The van der Waals surface area contributed by atoms with Gasteiger partial charge in [0.05, 0.1) is 23.2 Å². The maximum atomic E-state index is 12.7. The van der Waals surface area contributed by atoms with Crippen LogP contribution in [0.25, 0.3) is 10.9 Å². The number of halogens is 1. The fourth-order valence-corrected chi connectivity index (χ4v) is 3.31. The van der Waals surface area contributed by atoms with E-state index in [-0.39, 0.29) is 17.0 Å². The number of carbonyl (C=O) groups excluding carboxylic acids is 1. The number of aromatic amines is 1. The Morgan fingerprint density at radius 1 is 1.19 bits per heavy atom. The largest absolute Gasteiger partial charge is 0.391 e. The number of para-hydroxylation sites is 1. The summed E-state index contributed by atoms with van der Waals surface area (Å²) in [6, 6.07) is 15.8. The molecule has 0 saturated heterocycles. The third-order valence-corrected chi connectivity index (χ3v) is 4.96. The molecule has 2 atom stereocenters. The molecule has 0 bridgehead atoms.